The minimum absolute atomic E-state index is 0.151. The van der Waals surface area contributed by atoms with E-state index >= 15 is 0 Å². The number of rotatable bonds is 5. The molecule has 7 heteroatoms. The van der Waals surface area contributed by atoms with Crippen LogP contribution < -0.4 is 0 Å². The summed E-state index contributed by atoms with van der Waals surface area (Å²) in [7, 11) is -2.04. The average Bonchev–Trinajstić information content (AvgIpc) is 2.99. The quantitative estimate of drug-likeness (QED) is 0.907. The minimum atomic E-state index is -3.53. The monoisotopic (exact) mass is 287 g/mol. The van der Waals surface area contributed by atoms with Crippen LogP contribution in [-0.4, -0.2) is 24.9 Å². The summed E-state index contributed by atoms with van der Waals surface area (Å²) in [5, 5.41) is 10.5. The Morgan fingerprint density at radius 2 is 2.28 bits per heavy atom. The number of hydrogen-bond donors (Lipinski definition) is 1. The fourth-order valence-electron chi connectivity index (χ4n) is 1.47. The lowest BCUT2D eigenvalue weighted by Crippen LogP contribution is -2.25. The first-order valence-electron chi connectivity index (χ1n) is 5.21. The first kappa shape index (κ1) is 13.3. The van der Waals surface area contributed by atoms with Crippen molar-refractivity contribution in [2.75, 3.05) is 7.05 Å². The van der Waals surface area contributed by atoms with Crippen LogP contribution in [0.5, 0.6) is 0 Å². The van der Waals surface area contributed by atoms with Crippen molar-refractivity contribution >= 4 is 21.4 Å². The molecule has 98 valence electrons. The van der Waals surface area contributed by atoms with E-state index in [1.807, 2.05) is 0 Å². The van der Waals surface area contributed by atoms with Crippen molar-refractivity contribution in [1.29, 1.82) is 0 Å². The number of aliphatic hydroxyl groups is 1. The molecule has 0 aromatic carbocycles. The highest BCUT2D eigenvalue weighted by atomic mass is 32.2. The number of aliphatic hydroxyl groups excluding tert-OH is 1. The summed E-state index contributed by atoms with van der Waals surface area (Å²) in [5.41, 5.74) is 0. The second-order valence-corrected chi connectivity index (χ2v) is 6.79. The van der Waals surface area contributed by atoms with Gasteiger partial charge in [0.05, 0.1) is 24.3 Å². The minimum Gasteiger partial charge on any atom is -0.468 e. The number of furan rings is 1. The van der Waals surface area contributed by atoms with Gasteiger partial charge in [0, 0.05) is 17.3 Å². The van der Waals surface area contributed by atoms with E-state index in [0.29, 0.717) is 10.6 Å². The van der Waals surface area contributed by atoms with Crippen LogP contribution in [-0.2, 0) is 23.2 Å². The van der Waals surface area contributed by atoms with Crippen molar-refractivity contribution in [3.63, 3.8) is 0 Å². The predicted octanol–water partition coefficient (Wildman–Crippen LogP) is 1.65. The zero-order valence-electron chi connectivity index (χ0n) is 9.74. The van der Waals surface area contributed by atoms with Crippen molar-refractivity contribution in [1.82, 2.24) is 4.31 Å². The lowest BCUT2D eigenvalue weighted by atomic mass is 10.4. The molecule has 0 saturated heterocycles. The average molecular weight is 287 g/mol. The largest absolute Gasteiger partial charge is 0.468 e. The van der Waals surface area contributed by atoms with Crippen molar-refractivity contribution < 1.29 is 17.9 Å². The smallest absolute Gasteiger partial charge is 0.244 e. The van der Waals surface area contributed by atoms with E-state index in [2.05, 4.69) is 0 Å². The summed E-state index contributed by atoms with van der Waals surface area (Å²) >= 11 is 1.22. The Balaban J connectivity index is 2.19. The van der Waals surface area contributed by atoms with E-state index in [1.54, 1.807) is 12.1 Å². The summed E-state index contributed by atoms with van der Waals surface area (Å²) in [6.07, 6.45) is 1.50. The van der Waals surface area contributed by atoms with Crippen LogP contribution in [0, 0.1) is 0 Å². The Hall–Kier alpha value is -1.15. The first-order valence-corrected chi connectivity index (χ1v) is 7.53. The number of sulfonamides is 1. The standard InChI is InChI=1S/C11H13NO4S2/c1-12(6-9-3-2-4-16-9)18(14,15)11-5-10(7-13)17-8-11/h2-5,8,13H,6-7H2,1H3. The van der Waals surface area contributed by atoms with E-state index in [4.69, 9.17) is 9.52 Å². The highest BCUT2D eigenvalue weighted by molar-refractivity contribution is 7.89. The van der Waals surface area contributed by atoms with Gasteiger partial charge in [-0.2, -0.15) is 4.31 Å². The maximum Gasteiger partial charge on any atom is 0.244 e. The van der Waals surface area contributed by atoms with E-state index in [9.17, 15) is 8.42 Å². The number of thiophene rings is 1. The molecule has 0 saturated carbocycles. The normalized spacial score (nSPS) is 12.2. The Kier molecular flexibility index (Phi) is 3.86. The van der Waals surface area contributed by atoms with Crippen LogP contribution in [0.2, 0.25) is 0 Å². The molecule has 18 heavy (non-hydrogen) atoms. The number of nitrogens with zero attached hydrogens (tertiary/aromatic N) is 1. The lowest BCUT2D eigenvalue weighted by molar-refractivity contribution is 0.285. The zero-order chi connectivity index (χ0) is 13.2. The number of hydrogen-bond acceptors (Lipinski definition) is 5. The van der Waals surface area contributed by atoms with Gasteiger partial charge in [0.15, 0.2) is 0 Å². The van der Waals surface area contributed by atoms with Crippen LogP contribution in [0.4, 0.5) is 0 Å². The summed E-state index contributed by atoms with van der Waals surface area (Å²) < 4.78 is 30.7. The molecule has 2 heterocycles. The van der Waals surface area contributed by atoms with E-state index in [0.717, 1.165) is 0 Å². The molecule has 0 radical (unpaired) electrons. The van der Waals surface area contributed by atoms with Gasteiger partial charge in [-0.05, 0) is 18.2 Å². The molecule has 0 bridgehead atoms. The maximum atomic E-state index is 12.2. The summed E-state index contributed by atoms with van der Waals surface area (Å²) in [6.45, 7) is 0.0295. The Morgan fingerprint density at radius 1 is 1.50 bits per heavy atom. The van der Waals surface area contributed by atoms with Gasteiger partial charge in [0.25, 0.3) is 0 Å². The topological polar surface area (TPSA) is 70.8 Å². The third-order valence-corrected chi connectivity index (χ3v) is 5.30. The van der Waals surface area contributed by atoms with Gasteiger partial charge >= 0.3 is 0 Å². The van der Waals surface area contributed by atoms with Gasteiger partial charge in [-0.3, -0.25) is 0 Å². The Morgan fingerprint density at radius 3 is 2.83 bits per heavy atom. The zero-order valence-corrected chi connectivity index (χ0v) is 11.4. The van der Waals surface area contributed by atoms with Gasteiger partial charge in [-0.15, -0.1) is 11.3 Å². The van der Waals surface area contributed by atoms with Crippen molar-refractivity contribution in [2.24, 2.45) is 0 Å². The van der Waals surface area contributed by atoms with Crippen LogP contribution >= 0.6 is 11.3 Å². The third-order valence-electron chi connectivity index (χ3n) is 2.45. The van der Waals surface area contributed by atoms with Crippen LogP contribution in [0.25, 0.3) is 0 Å². The summed E-state index contributed by atoms with van der Waals surface area (Å²) in [4.78, 5) is 0.825. The molecule has 0 spiro atoms. The van der Waals surface area contributed by atoms with E-state index < -0.39 is 10.0 Å². The molecule has 5 nitrogen and oxygen atoms in total. The summed E-state index contributed by atoms with van der Waals surface area (Å²) in [5.74, 6) is 0.582. The lowest BCUT2D eigenvalue weighted by Gasteiger charge is -2.14. The third kappa shape index (κ3) is 2.64. The van der Waals surface area contributed by atoms with Gasteiger partial charge < -0.3 is 9.52 Å². The predicted molar refractivity (Wildman–Crippen MR) is 67.6 cm³/mol. The summed E-state index contributed by atoms with van der Waals surface area (Å²) in [6, 6.07) is 4.92. The molecule has 2 aromatic heterocycles. The first-order chi connectivity index (χ1) is 8.54. The Bertz CT molecular complexity index is 601. The fourth-order valence-corrected chi connectivity index (χ4v) is 3.72. The Labute approximate surface area is 109 Å². The molecule has 0 amide bonds. The SMILES string of the molecule is CN(Cc1ccco1)S(=O)(=O)c1csc(CO)c1. The molecule has 0 aliphatic heterocycles. The molecule has 2 rings (SSSR count). The molecule has 1 N–H and O–H groups in total. The van der Waals surface area contributed by atoms with Crippen LogP contribution in [0.3, 0.4) is 0 Å². The maximum absolute atomic E-state index is 12.2. The van der Waals surface area contributed by atoms with E-state index in [-0.39, 0.29) is 18.0 Å². The van der Waals surface area contributed by atoms with Gasteiger partial charge in [-0.25, -0.2) is 8.42 Å². The highest BCUT2D eigenvalue weighted by Gasteiger charge is 2.22. The van der Waals surface area contributed by atoms with Gasteiger partial charge in [0.1, 0.15) is 5.76 Å². The van der Waals surface area contributed by atoms with Crippen LogP contribution in [0.1, 0.15) is 10.6 Å². The van der Waals surface area contributed by atoms with Gasteiger partial charge in [0.2, 0.25) is 10.0 Å². The molecular weight excluding hydrogens is 274 g/mol. The molecule has 0 aliphatic rings. The van der Waals surface area contributed by atoms with Crippen molar-refractivity contribution in [2.45, 2.75) is 18.0 Å². The second kappa shape index (κ2) is 5.23. The molecular formula is C11H13NO4S2. The van der Waals surface area contributed by atoms with Crippen molar-refractivity contribution in [3.05, 3.63) is 40.5 Å². The molecule has 0 fully saturated rings. The van der Waals surface area contributed by atoms with Gasteiger partial charge in [-0.1, -0.05) is 0 Å². The molecule has 0 unspecified atom stereocenters. The highest BCUT2D eigenvalue weighted by Crippen LogP contribution is 2.23. The fraction of sp³-hybridized carbons (Fsp3) is 0.273. The molecule has 2 aromatic rings. The van der Waals surface area contributed by atoms with Crippen molar-refractivity contribution in [3.8, 4) is 0 Å². The van der Waals surface area contributed by atoms with E-state index in [1.165, 1.54) is 40.4 Å². The van der Waals surface area contributed by atoms with Crippen LogP contribution in [0.15, 0.2) is 39.2 Å². The molecule has 0 atom stereocenters. The second-order valence-electron chi connectivity index (χ2n) is 3.75. The molecule has 0 aliphatic carbocycles.